The van der Waals surface area contributed by atoms with Gasteiger partial charge in [-0.3, -0.25) is 14.8 Å². The Kier molecular flexibility index (Phi) is 4.53. The van der Waals surface area contributed by atoms with Crippen LogP contribution in [-0.2, 0) is 6.54 Å². The molecule has 0 radical (unpaired) electrons. The number of para-hydroxylation sites is 1. The molecule has 0 aliphatic rings. The Bertz CT molecular complexity index is 1370. The number of thiazole rings is 1. The van der Waals surface area contributed by atoms with E-state index in [1.807, 2.05) is 30.3 Å². The van der Waals surface area contributed by atoms with Crippen LogP contribution >= 0.6 is 11.3 Å². The SMILES string of the molecule is Nc1ccc2ncc(CN(C(=O)c3cccnc3)c3cccc4scnc34)cc2n1. The first kappa shape index (κ1) is 18.1. The second-order valence-corrected chi connectivity index (χ2v) is 7.61. The van der Waals surface area contributed by atoms with E-state index in [0.717, 1.165) is 27.0 Å². The summed E-state index contributed by atoms with van der Waals surface area (Å²) in [5, 5.41) is 0. The van der Waals surface area contributed by atoms with Gasteiger partial charge in [0.15, 0.2) is 0 Å². The maximum absolute atomic E-state index is 13.4. The number of anilines is 2. The molecule has 0 aliphatic carbocycles. The number of carbonyl (C=O) groups excluding carboxylic acids is 1. The number of nitrogens with two attached hydrogens (primary N) is 1. The molecule has 4 aromatic heterocycles. The van der Waals surface area contributed by atoms with Gasteiger partial charge < -0.3 is 10.6 Å². The smallest absolute Gasteiger partial charge is 0.260 e. The van der Waals surface area contributed by atoms with E-state index in [4.69, 9.17) is 5.73 Å². The largest absolute Gasteiger partial charge is 0.384 e. The van der Waals surface area contributed by atoms with Crippen LogP contribution in [0.15, 0.2) is 72.6 Å². The van der Waals surface area contributed by atoms with E-state index in [2.05, 4.69) is 19.9 Å². The van der Waals surface area contributed by atoms with Crippen molar-refractivity contribution >= 4 is 50.0 Å². The summed E-state index contributed by atoms with van der Waals surface area (Å²) in [5.74, 6) is 0.265. The number of nitrogen functional groups attached to an aromatic ring is 1. The fourth-order valence-electron chi connectivity index (χ4n) is 3.33. The predicted molar refractivity (Wildman–Crippen MR) is 118 cm³/mol. The van der Waals surface area contributed by atoms with Gasteiger partial charge in [-0.15, -0.1) is 11.3 Å². The highest BCUT2D eigenvalue weighted by molar-refractivity contribution is 7.16. The topological polar surface area (TPSA) is 97.9 Å². The van der Waals surface area contributed by atoms with Gasteiger partial charge in [0.1, 0.15) is 11.3 Å². The van der Waals surface area contributed by atoms with Crippen molar-refractivity contribution in [2.24, 2.45) is 0 Å². The van der Waals surface area contributed by atoms with E-state index in [1.165, 1.54) is 11.3 Å². The zero-order valence-corrected chi connectivity index (χ0v) is 16.6. The third-order valence-corrected chi connectivity index (χ3v) is 5.53. The Balaban J connectivity index is 1.61. The van der Waals surface area contributed by atoms with Crippen molar-refractivity contribution in [3.8, 4) is 0 Å². The standard InChI is InChI=1S/C22H16N6OS/c23-20-7-6-16-17(27-20)9-14(10-25-16)12-28(22(29)15-3-2-8-24-11-15)18-4-1-5-19-21(18)26-13-30-19/h1-11,13H,12H2,(H2,23,27). The normalized spacial score (nSPS) is 11.1. The second-order valence-electron chi connectivity index (χ2n) is 6.73. The van der Waals surface area contributed by atoms with Gasteiger partial charge in [0.2, 0.25) is 0 Å². The van der Waals surface area contributed by atoms with Crippen molar-refractivity contribution < 1.29 is 4.79 Å². The summed E-state index contributed by atoms with van der Waals surface area (Å²) >= 11 is 1.54. The Morgan fingerprint density at radius 2 is 1.97 bits per heavy atom. The van der Waals surface area contributed by atoms with Gasteiger partial charge in [-0.05, 0) is 48.0 Å². The van der Waals surface area contributed by atoms with E-state index < -0.39 is 0 Å². The minimum atomic E-state index is -0.163. The van der Waals surface area contributed by atoms with Crippen molar-refractivity contribution in [3.63, 3.8) is 0 Å². The van der Waals surface area contributed by atoms with Crippen molar-refractivity contribution in [2.75, 3.05) is 10.6 Å². The van der Waals surface area contributed by atoms with Crippen LogP contribution in [0.3, 0.4) is 0 Å². The van der Waals surface area contributed by atoms with Crippen molar-refractivity contribution in [3.05, 3.63) is 83.8 Å². The van der Waals surface area contributed by atoms with E-state index in [-0.39, 0.29) is 5.91 Å². The van der Waals surface area contributed by atoms with Crippen LogP contribution in [0.1, 0.15) is 15.9 Å². The number of benzene rings is 1. The van der Waals surface area contributed by atoms with Crippen LogP contribution in [0, 0.1) is 0 Å². The van der Waals surface area contributed by atoms with Crippen LogP contribution < -0.4 is 10.6 Å². The molecule has 0 unspecified atom stereocenters. The van der Waals surface area contributed by atoms with Crippen molar-refractivity contribution in [1.82, 2.24) is 19.9 Å². The number of carbonyl (C=O) groups is 1. The lowest BCUT2D eigenvalue weighted by molar-refractivity contribution is 0.0985. The van der Waals surface area contributed by atoms with Crippen LogP contribution in [0.2, 0.25) is 0 Å². The van der Waals surface area contributed by atoms with E-state index in [9.17, 15) is 4.79 Å². The molecule has 0 bridgehead atoms. The molecular weight excluding hydrogens is 396 g/mol. The molecule has 0 spiro atoms. The molecule has 0 aliphatic heterocycles. The van der Waals surface area contributed by atoms with Crippen LogP contribution in [0.4, 0.5) is 11.5 Å². The molecule has 30 heavy (non-hydrogen) atoms. The highest BCUT2D eigenvalue weighted by Crippen LogP contribution is 2.30. The third-order valence-electron chi connectivity index (χ3n) is 4.74. The molecule has 1 aromatic carbocycles. The average Bonchev–Trinajstić information content (AvgIpc) is 3.26. The molecule has 0 saturated heterocycles. The molecule has 1 amide bonds. The summed E-state index contributed by atoms with van der Waals surface area (Å²) in [6.07, 6.45) is 4.97. The van der Waals surface area contributed by atoms with Crippen LogP contribution in [-0.4, -0.2) is 25.8 Å². The van der Waals surface area contributed by atoms with Crippen LogP contribution in [0.5, 0.6) is 0 Å². The zero-order chi connectivity index (χ0) is 20.5. The summed E-state index contributed by atoms with van der Waals surface area (Å²) < 4.78 is 1.02. The quantitative estimate of drug-likeness (QED) is 0.478. The number of aromatic nitrogens is 4. The van der Waals surface area contributed by atoms with Crippen LogP contribution in [0.25, 0.3) is 21.3 Å². The van der Waals surface area contributed by atoms with Crippen molar-refractivity contribution in [2.45, 2.75) is 6.54 Å². The predicted octanol–water partition coefficient (Wildman–Crippen LogP) is 4.06. The molecule has 7 nitrogen and oxygen atoms in total. The zero-order valence-electron chi connectivity index (χ0n) is 15.8. The summed E-state index contributed by atoms with van der Waals surface area (Å²) in [7, 11) is 0. The molecule has 0 atom stereocenters. The highest BCUT2D eigenvalue weighted by Gasteiger charge is 2.21. The highest BCUT2D eigenvalue weighted by atomic mass is 32.1. The first-order valence-electron chi connectivity index (χ1n) is 9.24. The fourth-order valence-corrected chi connectivity index (χ4v) is 4.03. The summed E-state index contributed by atoms with van der Waals surface area (Å²) in [6, 6.07) is 14.8. The lowest BCUT2D eigenvalue weighted by Gasteiger charge is -2.23. The van der Waals surface area contributed by atoms with Crippen molar-refractivity contribution in [1.29, 1.82) is 0 Å². The number of nitrogens with zero attached hydrogens (tertiary/aromatic N) is 5. The molecule has 146 valence electrons. The Morgan fingerprint density at radius 3 is 2.83 bits per heavy atom. The Morgan fingerprint density at radius 1 is 1.03 bits per heavy atom. The lowest BCUT2D eigenvalue weighted by Crippen LogP contribution is -2.30. The minimum absolute atomic E-state index is 0.163. The Labute approximate surface area is 175 Å². The number of fused-ring (bicyclic) bond motifs is 2. The molecule has 0 fully saturated rings. The lowest BCUT2D eigenvalue weighted by atomic mass is 10.1. The van der Waals surface area contributed by atoms with Gasteiger partial charge in [0.25, 0.3) is 5.91 Å². The average molecular weight is 412 g/mol. The van der Waals surface area contributed by atoms with Gasteiger partial charge in [-0.25, -0.2) is 9.97 Å². The van der Waals surface area contributed by atoms with Gasteiger partial charge in [-0.1, -0.05) is 6.07 Å². The number of amides is 1. The van der Waals surface area contributed by atoms with Gasteiger partial charge in [-0.2, -0.15) is 0 Å². The summed E-state index contributed by atoms with van der Waals surface area (Å²) in [5.41, 5.74) is 11.9. The number of pyridine rings is 3. The number of hydrogen-bond donors (Lipinski definition) is 1. The Hall–Kier alpha value is -3.91. The minimum Gasteiger partial charge on any atom is -0.384 e. The molecule has 5 aromatic rings. The first-order chi connectivity index (χ1) is 14.7. The maximum Gasteiger partial charge on any atom is 0.260 e. The molecule has 5 rings (SSSR count). The summed E-state index contributed by atoms with van der Waals surface area (Å²) in [6.45, 7) is 0.309. The third kappa shape index (κ3) is 3.33. The molecule has 8 heteroatoms. The molecule has 2 N–H and O–H groups in total. The first-order valence-corrected chi connectivity index (χ1v) is 10.1. The fraction of sp³-hybridized carbons (Fsp3) is 0.0455. The summed E-state index contributed by atoms with van der Waals surface area (Å²) in [4.78, 5) is 32.5. The second kappa shape index (κ2) is 7.49. The molecule has 0 saturated carbocycles. The van der Waals surface area contributed by atoms with Gasteiger partial charge in [0, 0.05) is 18.6 Å². The number of hydrogen-bond acceptors (Lipinski definition) is 7. The molecule has 4 heterocycles. The van der Waals surface area contributed by atoms with E-state index in [1.54, 1.807) is 47.2 Å². The molecular formula is C22H16N6OS. The van der Waals surface area contributed by atoms with E-state index in [0.29, 0.717) is 23.4 Å². The monoisotopic (exact) mass is 412 g/mol. The number of rotatable bonds is 4. The van der Waals surface area contributed by atoms with Gasteiger partial charge >= 0.3 is 0 Å². The van der Waals surface area contributed by atoms with E-state index >= 15 is 0 Å². The maximum atomic E-state index is 13.4. The van der Waals surface area contributed by atoms with Gasteiger partial charge in [0.05, 0.1) is 39.0 Å².